The lowest BCUT2D eigenvalue weighted by Crippen LogP contribution is -2.61. The van der Waals surface area contributed by atoms with Crippen LogP contribution in [0.15, 0.2) is 0 Å². The molecule has 1 unspecified atom stereocenters. The van der Waals surface area contributed by atoms with E-state index in [-0.39, 0.29) is 23.9 Å². The Labute approximate surface area is 89.0 Å². The van der Waals surface area contributed by atoms with Crippen LogP contribution >= 0.6 is 0 Å². The molecule has 2 amide bonds. The van der Waals surface area contributed by atoms with Crippen LogP contribution in [0.4, 0.5) is 0 Å². The van der Waals surface area contributed by atoms with Crippen molar-refractivity contribution >= 4 is 11.8 Å². The number of nitrogens with one attached hydrogen (secondary N) is 1. The van der Waals surface area contributed by atoms with Gasteiger partial charge in [0.15, 0.2) is 0 Å². The van der Waals surface area contributed by atoms with E-state index in [2.05, 4.69) is 5.32 Å². The van der Waals surface area contributed by atoms with Gasteiger partial charge in [-0.2, -0.15) is 0 Å². The van der Waals surface area contributed by atoms with Crippen molar-refractivity contribution < 1.29 is 9.59 Å². The highest BCUT2D eigenvalue weighted by Gasteiger charge is 2.39. The Morgan fingerprint density at radius 2 is 2.07 bits per heavy atom. The molecule has 2 rings (SSSR count). The van der Waals surface area contributed by atoms with E-state index in [1.807, 2.05) is 0 Å². The fourth-order valence-electron chi connectivity index (χ4n) is 2.21. The number of likely N-dealkylation sites (tertiary alicyclic amines) is 1. The zero-order valence-electron chi connectivity index (χ0n) is 8.74. The largest absolute Gasteiger partial charge is 0.368 e. The second kappa shape index (κ2) is 4.18. The molecule has 2 aliphatic heterocycles. The standard InChI is InChI=1S/C10H17N3O2/c11-9(14)8-4-6-13(8)10(15)7-3-1-2-5-12-7/h7-8,12H,1-6H2,(H2,11,14)/t7-,8?/m0/s1. The van der Waals surface area contributed by atoms with Crippen LogP contribution in [-0.4, -0.2) is 41.9 Å². The fourth-order valence-corrected chi connectivity index (χ4v) is 2.21. The first-order valence-electron chi connectivity index (χ1n) is 5.53. The molecule has 2 fully saturated rings. The highest BCUT2D eigenvalue weighted by molar-refractivity contribution is 5.90. The fraction of sp³-hybridized carbons (Fsp3) is 0.800. The van der Waals surface area contributed by atoms with Crippen LogP contribution in [0.5, 0.6) is 0 Å². The van der Waals surface area contributed by atoms with E-state index in [0.717, 1.165) is 25.8 Å². The maximum absolute atomic E-state index is 12.0. The summed E-state index contributed by atoms with van der Waals surface area (Å²) in [5.41, 5.74) is 5.20. The van der Waals surface area contributed by atoms with E-state index >= 15 is 0 Å². The first-order chi connectivity index (χ1) is 7.20. The Morgan fingerprint density at radius 3 is 2.53 bits per heavy atom. The molecule has 5 nitrogen and oxygen atoms in total. The number of hydrogen-bond acceptors (Lipinski definition) is 3. The van der Waals surface area contributed by atoms with Crippen molar-refractivity contribution in [2.75, 3.05) is 13.1 Å². The number of amides is 2. The second-order valence-corrected chi connectivity index (χ2v) is 4.24. The van der Waals surface area contributed by atoms with Gasteiger partial charge in [0.1, 0.15) is 6.04 Å². The molecule has 0 aromatic carbocycles. The lowest BCUT2D eigenvalue weighted by molar-refractivity contribution is -0.148. The van der Waals surface area contributed by atoms with Crippen LogP contribution in [0.25, 0.3) is 0 Å². The van der Waals surface area contributed by atoms with Crippen molar-refractivity contribution in [2.24, 2.45) is 5.73 Å². The molecule has 0 aromatic rings. The van der Waals surface area contributed by atoms with Gasteiger partial charge in [-0.1, -0.05) is 6.42 Å². The molecule has 2 heterocycles. The normalized spacial score (nSPS) is 30.8. The van der Waals surface area contributed by atoms with Gasteiger partial charge in [-0.25, -0.2) is 0 Å². The molecule has 0 saturated carbocycles. The van der Waals surface area contributed by atoms with E-state index in [0.29, 0.717) is 13.0 Å². The monoisotopic (exact) mass is 211 g/mol. The molecule has 2 aliphatic rings. The van der Waals surface area contributed by atoms with Gasteiger partial charge >= 0.3 is 0 Å². The summed E-state index contributed by atoms with van der Waals surface area (Å²) < 4.78 is 0. The molecule has 0 radical (unpaired) electrons. The van der Waals surface area contributed by atoms with Gasteiger partial charge < -0.3 is 16.0 Å². The maximum Gasteiger partial charge on any atom is 0.240 e. The number of piperidine rings is 1. The zero-order chi connectivity index (χ0) is 10.8. The number of nitrogens with two attached hydrogens (primary N) is 1. The number of hydrogen-bond donors (Lipinski definition) is 2. The molecule has 2 atom stereocenters. The summed E-state index contributed by atoms with van der Waals surface area (Å²) in [6.45, 7) is 1.57. The minimum Gasteiger partial charge on any atom is -0.368 e. The van der Waals surface area contributed by atoms with Gasteiger partial charge in [0.2, 0.25) is 11.8 Å². The van der Waals surface area contributed by atoms with E-state index in [9.17, 15) is 9.59 Å². The third-order valence-electron chi connectivity index (χ3n) is 3.24. The van der Waals surface area contributed by atoms with E-state index in [4.69, 9.17) is 5.73 Å². The minimum atomic E-state index is -0.384. The van der Waals surface area contributed by atoms with Crippen LogP contribution in [0.2, 0.25) is 0 Å². The Morgan fingerprint density at radius 1 is 1.27 bits per heavy atom. The van der Waals surface area contributed by atoms with Crippen molar-refractivity contribution in [1.29, 1.82) is 0 Å². The smallest absolute Gasteiger partial charge is 0.240 e. The van der Waals surface area contributed by atoms with Crippen LogP contribution in [0.1, 0.15) is 25.7 Å². The molecular weight excluding hydrogens is 194 g/mol. The van der Waals surface area contributed by atoms with Crippen molar-refractivity contribution in [3.63, 3.8) is 0 Å². The summed E-state index contributed by atoms with van der Waals surface area (Å²) in [7, 11) is 0. The molecule has 0 bridgehead atoms. The Hall–Kier alpha value is -1.10. The molecule has 3 N–H and O–H groups in total. The molecule has 5 heteroatoms. The second-order valence-electron chi connectivity index (χ2n) is 4.24. The number of carbonyl (C=O) groups excluding carboxylic acids is 2. The van der Waals surface area contributed by atoms with Crippen molar-refractivity contribution in [3.8, 4) is 0 Å². The Balaban J connectivity index is 1.92. The molecule has 0 aliphatic carbocycles. The third kappa shape index (κ3) is 1.97. The number of rotatable bonds is 2. The summed E-state index contributed by atoms with van der Waals surface area (Å²) in [6.07, 6.45) is 3.80. The van der Waals surface area contributed by atoms with Crippen LogP contribution in [0.3, 0.4) is 0 Å². The first-order valence-corrected chi connectivity index (χ1v) is 5.53. The summed E-state index contributed by atoms with van der Waals surface area (Å²) >= 11 is 0. The quantitative estimate of drug-likeness (QED) is 0.629. The molecule has 84 valence electrons. The Bertz CT molecular complexity index is 274. The lowest BCUT2D eigenvalue weighted by Gasteiger charge is -2.41. The minimum absolute atomic E-state index is 0.0461. The number of nitrogens with zero attached hydrogens (tertiary/aromatic N) is 1. The average Bonchev–Trinajstić information content (AvgIpc) is 2.16. The van der Waals surface area contributed by atoms with Crippen molar-refractivity contribution in [2.45, 2.75) is 37.8 Å². The van der Waals surface area contributed by atoms with Gasteiger partial charge in [-0.15, -0.1) is 0 Å². The molecule has 0 aromatic heterocycles. The number of carbonyl (C=O) groups is 2. The summed E-state index contributed by atoms with van der Waals surface area (Å²) in [6, 6.07) is -0.456. The maximum atomic E-state index is 12.0. The SMILES string of the molecule is NC(=O)C1CCN1C(=O)[C@@H]1CCCCN1. The van der Waals surface area contributed by atoms with Gasteiger partial charge in [0.25, 0.3) is 0 Å². The molecular formula is C10H17N3O2. The van der Waals surface area contributed by atoms with E-state index < -0.39 is 0 Å². The third-order valence-corrected chi connectivity index (χ3v) is 3.24. The van der Waals surface area contributed by atoms with Crippen molar-refractivity contribution in [3.05, 3.63) is 0 Å². The van der Waals surface area contributed by atoms with Crippen LogP contribution < -0.4 is 11.1 Å². The highest BCUT2D eigenvalue weighted by Crippen LogP contribution is 2.20. The van der Waals surface area contributed by atoms with Gasteiger partial charge in [-0.3, -0.25) is 9.59 Å². The topological polar surface area (TPSA) is 75.4 Å². The predicted octanol–water partition coefficient (Wildman–Crippen LogP) is -0.785. The van der Waals surface area contributed by atoms with Gasteiger partial charge in [0.05, 0.1) is 6.04 Å². The number of primary amides is 1. The van der Waals surface area contributed by atoms with E-state index in [1.54, 1.807) is 4.90 Å². The van der Waals surface area contributed by atoms with Gasteiger partial charge in [-0.05, 0) is 25.8 Å². The summed E-state index contributed by atoms with van der Waals surface area (Å²) in [4.78, 5) is 24.5. The molecule has 15 heavy (non-hydrogen) atoms. The zero-order valence-corrected chi connectivity index (χ0v) is 8.74. The predicted molar refractivity (Wildman–Crippen MR) is 55.0 cm³/mol. The molecule has 0 spiro atoms. The van der Waals surface area contributed by atoms with E-state index in [1.165, 1.54) is 0 Å². The van der Waals surface area contributed by atoms with Crippen LogP contribution in [-0.2, 0) is 9.59 Å². The summed E-state index contributed by atoms with van der Waals surface area (Å²) in [5, 5.41) is 3.18. The average molecular weight is 211 g/mol. The van der Waals surface area contributed by atoms with Crippen LogP contribution in [0, 0.1) is 0 Å². The van der Waals surface area contributed by atoms with Crippen molar-refractivity contribution in [1.82, 2.24) is 10.2 Å². The first kappa shape index (κ1) is 10.4. The highest BCUT2D eigenvalue weighted by atomic mass is 16.2. The Kier molecular flexibility index (Phi) is 2.90. The van der Waals surface area contributed by atoms with Gasteiger partial charge in [0, 0.05) is 6.54 Å². The molecule has 2 saturated heterocycles. The lowest BCUT2D eigenvalue weighted by atomic mass is 9.97. The summed E-state index contributed by atoms with van der Waals surface area (Å²) in [5.74, 6) is -0.338.